The van der Waals surface area contributed by atoms with E-state index in [9.17, 15) is 4.79 Å². The number of nitrogens with zero attached hydrogens (tertiary/aromatic N) is 1. The molecule has 1 amide bonds. The van der Waals surface area contributed by atoms with Crippen LogP contribution < -0.4 is 5.32 Å². The molecule has 0 fully saturated rings. The summed E-state index contributed by atoms with van der Waals surface area (Å²) >= 11 is 1.66. The van der Waals surface area contributed by atoms with E-state index in [0.717, 1.165) is 23.9 Å². The van der Waals surface area contributed by atoms with Gasteiger partial charge in [0.1, 0.15) is 0 Å². The highest BCUT2D eigenvalue weighted by molar-refractivity contribution is 7.15. The van der Waals surface area contributed by atoms with Crippen LogP contribution in [0.1, 0.15) is 51.1 Å². The van der Waals surface area contributed by atoms with Gasteiger partial charge in [0.05, 0.1) is 5.69 Å². The number of hydrogen-bond donors (Lipinski definition) is 1. The van der Waals surface area contributed by atoms with Crippen LogP contribution in [0.3, 0.4) is 0 Å². The van der Waals surface area contributed by atoms with Gasteiger partial charge in [0, 0.05) is 11.3 Å². The molecule has 0 spiro atoms. The van der Waals surface area contributed by atoms with E-state index in [4.69, 9.17) is 0 Å². The quantitative estimate of drug-likeness (QED) is 0.888. The highest BCUT2D eigenvalue weighted by atomic mass is 32.1. The van der Waals surface area contributed by atoms with E-state index in [-0.39, 0.29) is 5.91 Å². The number of amides is 1. The molecule has 0 bridgehead atoms. The number of hydrogen-bond acceptors (Lipinski definition) is 3. The van der Waals surface area contributed by atoms with Crippen LogP contribution in [0.15, 0.2) is 0 Å². The summed E-state index contributed by atoms with van der Waals surface area (Å²) in [7, 11) is 0. The van der Waals surface area contributed by atoms with Crippen molar-refractivity contribution in [1.29, 1.82) is 0 Å². The van der Waals surface area contributed by atoms with Crippen molar-refractivity contribution in [3.05, 3.63) is 10.6 Å². The molecule has 0 saturated heterocycles. The van der Waals surface area contributed by atoms with E-state index < -0.39 is 0 Å². The maximum Gasteiger partial charge on any atom is 0.225 e. The number of anilines is 1. The Morgan fingerprint density at radius 3 is 2.83 bits per heavy atom. The van der Waals surface area contributed by atoms with Gasteiger partial charge in [-0.1, -0.05) is 27.7 Å². The lowest BCUT2D eigenvalue weighted by Gasteiger charge is -2.33. The molecule has 0 aromatic carbocycles. The van der Waals surface area contributed by atoms with Crippen LogP contribution in [0.25, 0.3) is 0 Å². The fourth-order valence-electron chi connectivity index (χ4n) is 2.38. The Morgan fingerprint density at radius 2 is 2.22 bits per heavy atom. The number of aromatic nitrogens is 1. The molecule has 0 saturated carbocycles. The van der Waals surface area contributed by atoms with Gasteiger partial charge >= 0.3 is 0 Å². The Hall–Kier alpha value is -0.900. The van der Waals surface area contributed by atoms with Gasteiger partial charge in [-0.2, -0.15) is 0 Å². The Bertz CT molecular complexity index is 445. The molecule has 100 valence electrons. The van der Waals surface area contributed by atoms with Crippen molar-refractivity contribution in [3.8, 4) is 0 Å². The zero-order valence-electron chi connectivity index (χ0n) is 11.7. The minimum Gasteiger partial charge on any atom is -0.302 e. The summed E-state index contributed by atoms with van der Waals surface area (Å²) in [4.78, 5) is 17.3. The number of thiazole rings is 1. The second-order valence-electron chi connectivity index (χ2n) is 6.10. The summed E-state index contributed by atoms with van der Waals surface area (Å²) in [6.45, 7) is 8.79. The molecule has 1 N–H and O–H groups in total. The third-order valence-electron chi connectivity index (χ3n) is 3.73. The average molecular weight is 266 g/mol. The number of nitrogens with one attached hydrogen (secondary N) is 1. The lowest BCUT2D eigenvalue weighted by molar-refractivity contribution is -0.115. The average Bonchev–Trinajstić information content (AvgIpc) is 2.68. The molecule has 1 heterocycles. The molecular formula is C14H22N2OS. The third-order valence-corrected chi connectivity index (χ3v) is 4.77. The summed E-state index contributed by atoms with van der Waals surface area (Å²) in [5.41, 5.74) is 1.56. The fourth-order valence-corrected chi connectivity index (χ4v) is 3.48. The minimum absolute atomic E-state index is 0.0495. The smallest absolute Gasteiger partial charge is 0.225 e. The third kappa shape index (κ3) is 2.91. The predicted octanol–water partition coefficient (Wildman–Crippen LogP) is 3.64. The number of fused-ring (bicyclic) bond motifs is 1. The summed E-state index contributed by atoms with van der Waals surface area (Å²) in [5, 5.41) is 3.65. The largest absolute Gasteiger partial charge is 0.302 e. The number of aryl methyl sites for hydroxylation is 1. The van der Waals surface area contributed by atoms with E-state index in [1.807, 2.05) is 6.92 Å². The van der Waals surface area contributed by atoms with Crippen LogP contribution in [0.5, 0.6) is 0 Å². The van der Waals surface area contributed by atoms with Gasteiger partial charge in [0.2, 0.25) is 5.91 Å². The highest BCUT2D eigenvalue weighted by Gasteiger charge is 2.30. The second-order valence-corrected chi connectivity index (χ2v) is 7.18. The van der Waals surface area contributed by atoms with Gasteiger partial charge in [-0.05, 0) is 30.6 Å². The standard InChI is InChI=1S/C14H22N2OS/c1-5-12(17)16-13-15-10-7-6-9(14(2,3)4)8-11(10)18-13/h9H,5-8H2,1-4H3,(H,15,16,17). The molecule has 0 aliphatic heterocycles. The zero-order chi connectivity index (χ0) is 13.3. The van der Waals surface area contributed by atoms with Crippen LogP contribution in [0, 0.1) is 11.3 Å². The normalized spacial score (nSPS) is 19.4. The van der Waals surface area contributed by atoms with E-state index in [1.165, 1.54) is 17.0 Å². The molecule has 4 heteroatoms. The number of carbonyl (C=O) groups is 1. The fraction of sp³-hybridized carbons (Fsp3) is 0.714. The van der Waals surface area contributed by atoms with Gasteiger partial charge in [-0.25, -0.2) is 4.98 Å². The summed E-state index contributed by atoms with van der Waals surface area (Å²) in [6.07, 6.45) is 3.88. The van der Waals surface area contributed by atoms with E-state index in [2.05, 4.69) is 31.1 Å². The molecule has 2 rings (SSSR count). The Balaban J connectivity index is 2.11. The molecule has 1 aromatic heterocycles. The Labute approximate surface area is 113 Å². The molecule has 18 heavy (non-hydrogen) atoms. The SMILES string of the molecule is CCC(=O)Nc1nc2c(s1)CC(C(C)(C)C)CC2. The van der Waals surface area contributed by atoms with Crippen molar-refractivity contribution in [2.45, 2.75) is 53.4 Å². The minimum atomic E-state index is 0.0495. The Kier molecular flexibility index (Phi) is 3.76. The first-order valence-electron chi connectivity index (χ1n) is 6.68. The van der Waals surface area contributed by atoms with E-state index in [1.54, 1.807) is 11.3 Å². The van der Waals surface area contributed by atoms with Crippen molar-refractivity contribution in [2.75, 3.05) is 5.32 Å². The Morgan fingerprint density at radius 1 is 1.50 bits per heavy atom. The molecule has 1 unspecified atom stereocenters. The van der Waals surface area contributed by atoms with Gasteiger partial charge < -0.3 is 5.32 Å². The van der Waals surface area contributed by atoms with Crippen LogP contribution >= 0.6 is 11.3 Å². The first-order valence-corrected chi connectivity index (χ1v) is 7.50. The molecule has 3 nitrogen and oxygen atoms in total. The highest BCUT2D eigenvalue weighted by Crippen LogP contribution is 2.39. The number of carbonyl (C=O) groups excluding carboxylic acids is 1. The van der Waals surface area contributed by atoms with Crippen LogP contribution in [-0.4, -0.2) is 10.9 Å². The zero-order valence-corrected chi connectivity index (χ0v) is 12.5. The lowest BCUT2D eigenvalue weighted by Crippen LogP contribution is -2.26. The van der Waals surface area contributed by atoms with Crippen molar-refractivity contribution in [2.24, 2.45) is 11.3 Å². The molecule has 1 aromatic rings. The van der Waals surface area contributed by atoms with Crippen molar-refractivity contribution in [1.82, 2.24) is 4.98 Å². The van der Waals surface area contributed by atoms with Gasteiger partial charge in [-0.15, -0.1) is 11.3 Å². The number of rotatable bonds is 2. The summed E-state index contributed by atoms with van der Waals surface area (Å²) in [5.74, 6) is 0.772. The van der Waals surface area contributed by atoms with Gasteiger partial charge in [-0.3, -0.25) is 4.79 Å². The van der Waals surface area contributed by atoms with Crippen LogP contribution in [0.2, 0.25) is 0 Å². The molecule has 0 radical (unpaired) electrons. The van der Waals surface area contributed by atoms with Crippen LogP contribution in [-0.2, 0) is 17.6 Å². The molecular weight excluding hydrogens is 244 g/mol. The van der Waals surface area contributed by atoms with E-state index in [0.29, 0.717) is 11.8 Å². The first-order chi connectivity index (χ1) is 8.40. The second kappa shape index (κ2) is 5.00. The van der Waals surface area contributed by atoms with Crippen molar-refractivity contribution < 1.29 is 4.79 Å². The van der Waals surface area contributed by atoms with Crippen molar-refractivity contribution in [3.63, 3.8) is 0 Å². The summed E-state index contributed by atoms with van der Waals surface area (Å²) < 4.78 is 0. The van der Waals surface area contributed by atoms with Crippen LogP contribution in [0.4, 0.5) is 5.13 Å². The molecule has 1 aliphatic carbocycles. The van der Waals surface area contributed by atoms with Gasteiger partial charge in [0.15, 0.2) is 5.13 Å². The monoisotopic (exact) mass is 266 g/mol. The predicted molar refractivity (Wildman–Crippen MR) is 76.0 cm³/mol. The first kappa shape index (κ1) is 13.5. The van der Waals surface area contributed by atoms with Crippen molar-refractivity contribution >= 4 is 22.4 Å². The lowest BCUT2D eigenvalue weighted by atomic mass is 9.73. The van der Waals surface area contributed by atoms with E-state index >= 15 is 0 Å². The summed E-state index contributed by atoms with van der Waals surface area (Å²) in [6, 6.07) is 0. The molecule has 1 atom stereocenters. The topological polar surface area (TPSA) is 42.0 Å². The maximum absolute atomic E-state index is 11.4. The maximum atomic E-state index is 11.4. The van der Waals surface area contributed by atoms with Gasteiger partial charge in [0.25, 0.3) is 0 Å². The molecule has 1 aliphatic rings.